The molecule has 3 aromatic carbocycles. The number of aromatic nitrogens is 3. The van der Waals surface area contributed by atoms with Gasteiger partial charge in [-0.15, -0.1) is 34.0 Å². The Morgan fingerprint density at radius 1 is 0.464 bits per heavy atom. The van der Waals surface area contributed by atoms with Crippen molar-refractivity contribution >= 4 is 64.7 Å². The molecule has 0 amide bonds. The van der Waals surface area contributed by atoms with Gasteiger partial charge in [0, 0.05) is 0 Å². The number of thiazole rings is 3. The van der Waals surface area contributed by atoms with Gasteiger partial charge in [-0.2, -0.15) is 0 Å². The summed E-state index contributed by atoms with van der Waals surface area (Å²) in [7, 11) is 0. The smallest absolute Gasteiger partial charge is 0.115 e. The van der Waals surface area contributed by atoms with Gasteiger partial charge >= 0.3 is 0 Å². The quantitative estimate of drug-likeness (QED) is 0.323. The highest BCUT2D eigenvalue weighted by Gasteiger charge is 2.27. The molecular formula is C22H13N3S3. The van der Waals surface area contributed by atoms with Crippen molar-refractivity contribution in [3.8, 4) is 0 Å². The molecule has 0 fully saturated rings. The number of benzene rings is 3. The minimum Gasteiger partial charge on any atom is -0.240 e. The molecule has 134 valence electrons. The summed E-state index contributed by atoms with van der Waals surface area (Å²) in [6.45, 7) is 0. The van der Waals surface area contributed by atoms with E-state index in [1.807, 2.05) is 18.2 Å². The van der Waals surface area contributed by atoms with Crippen LogP contribution in [0.2, 0.25) is 0 Å². The highest BCUT2D eigenvalue weighted by atomic mass is 32.1. The summed E-state index contributed by atoms with van der Waals surface area (Å²) in [6.07, 6.45) is 0. The molecule has 3 aromatic heterocycles. The summed E-state index contributed by atoms with van der Waals surface area (Å²) >= 11 is 5.21. The molecule has 28 heavy (non-hydrogen) atoms. The van der Waals surface area contributed by atoms with Crippen molar-refractivity contribution in [3.63, 3.8) is 0 Å². The summed E-state index contributed by atoms with van der Waals surface area (Å²) in [5.41, 5.74) is 3.11. The van der Waals surface area contributed by atoms with Crippen LogP contribution in [0.4, 0.5) is 0 Å². The van der Waals surface area contributed by atoms with Crippen LogP contribution in [-0.4, -0.2) is 15.0 Å². The average Bonchev–Trinajstić information content (AvgIpc) is 3.44. The molecule has 3 nitrogen and oxygen atoms in total. The van der Waals surface area contributed by atoms with Gasteiger partial charge < -0.3 is 0 Å². The maximum Gasteiger partial charge on any atom is 0.115 e. The van der Waals surface area contributed by atoms with Crippen molar-refractivity contribution in [2.75, 3.05) is 0 Å². The molecule has 6 aromatic rings. The SMILES string of the molecule is c1ccc2sc(C(c3nc4ccccc4s3)c3nc4ccccc4s3)nc2c1. The topological polar surface area (TPSA) is 38.7 Å². The molecule has 0 N–H and O–H groups in total. The molecule has 0 aliphatic heterocycles. The molecule has 6 heteroatoms. The van der Waals surface area contributed by atoms with Gasteiger partial charge in [-0.25, -0.2) is 15.0 Å². The summed E-state index contributed by atoms with van der Waals surface area (Å²) in [5, 5.41) is 3.16. The van der Waals surface area contributed by atoms with Crippen LogP contribution in [0.1, 0.15) is 20.9 Å². The lowest BCUT2D eigenvalue weighted by molar-refractivity contribution is 0.937. The lowest BCUT2D eigenvalue weighted by Crippen LogP contribution is -2.02. The normalized spacial score (nSPS) is 11.9. The van der Waals surface area contributed by atoms with Crippen LogP contribution in [0.25, 0.3) is 30.6 Å². The standard InChI is InChI=1S/C22H13N3S3/c1-4-10-16-13(7-1)23-20(26-16)19(21-24-14-8-2-5-11-17(14)27-21)22-25-15-9-3-6-12-18(15)28-22/h1-12,19H. The molecule has 0 spiro atoms. The van der Waals surface area contributed by atoms with Crippen molar-refractivity contribution < 1.29 is 0 Å². The van der Waals surface area contributed by atoms with E-state index in [0.717, 1.165) is 31.6 Å². The first-order valence-corrected chi connectivity index (χ1v) is 11.4. The maximum atomic E-state index is 4.96. The molecule has 0 radical (unpaired) electrons. The monoisotopic (exact) mass is 415 g/mol. The fourth-order valence-corrected chi connectivity index (χ4v) is 6.81. The summed E-state index contributed by atoms with van der Waals surface area (Å²) in [6, 6.07) is 24.9. The van der Waals surface area contributed by atoms with E-state index in [1.165, 1.54) is 14.1 Å². The van der Waals surface area contributed by atoms with Crippen LogP contribution in [0.15, 0.2) is 72.8 Å². The van der Waals surface area contributed by atoms with Gasteiger partial charge in [-0.3, -0.25) is 0 Å². The summed E-state index contributed by atoms with van der Waals surface area (Å²) in [4.78, 5) is 14.9. The van der Waals surface area contributed by atoms with E-state index in [9.17, 15) is 0 Å². The zero-order valence-electron chi connectivity index (χ0n) is 14.6. The molecule has 0 aliphatic rings. The second-order valence-corrected chi connectivity index (χ2v) is 9.68. The van der Waals surface area contributed by atoms with E-state index in [-0.39, 0.29) is 5.92 Å². The number of nitrogens with zero attached hydrogens (tertiary/aromatic N) is 3. The zero-order valence-corrected chi connectivity index (χ0v) is 17.0. The number of hydrogen-bond acceptors (Lipinski definition) is 6. The van der Waals surface area contributed by atoms with E-state index >= 15 is 0 Å². The fourth-order valence-electron chi connectivity index (χ4n) is 3.36. The lowest BCUT2D eigenvalue weighted by Gasteiger charge is -2.07. The molecule has 6 rings (SSSR count). The lowest BCUT2D eigenvalue weighted by atomic mass is 10.2. The van der Waals surface area contributed by atoms with Crippen molar-refractivity contribution in [1.82, 2.24) is 15.0 Å². The number of fused-ring (bicyclic) bond motifs is 3. The van der Waals surface area contributed by atoms with Gasteiger partial charge in [0.1, 0.15) is 20.9 Å². The van der Waals surface area contributed by atoms with E-state index in [2.05, 4.69) is 54.6 Å². The van der Waals surface area contributed by atoms with Crippen molar-refractivity contribution in [2.24, 2.45) is 0 Å². The van der Waals surface area contributed by atoms with E-state index in [0.29, 0.717) is 0 Å². The molecule has 0 atom stereocenters. The minimum atomic E-state index is -0.0350. The van der Waals surface area contributed by atoms with Gasteiger partial charge in [-0.1, -0.05) is 36.4 Å². The Morgan fingerprint density at radius 3 is 1.11 bits per heavy atom. The predicted octanol–water partition coefficient (Wildman–Crippen LogP) is 6.70. The van der Waals surface area contributed by atoms with E-state index in [1.54, 1.807) is 34.0 Å². The van der Waals surface area contributed by atoms with Gasteiger partial charge in [0.05, 0.1) is 30.6 Å². The predicted molar refractivity (Wildman–Crippen MR) is 120 cm³/mol. The van der Waals surface area contributed by atoms with Crippen molar-refractivity contribution in [3.05, 3.63) is 87.8 Å². The fraction of sp³-hybridized carbons (Fsp3) is 0.0455. The van der Waals surface area contributed by atoms with Crippen molar-refractivity contribution in [1.29, 1.82) is 0 Å². The molecular weight excluding hydrogens is 402 g/mol. The Balaban J connectivity index is 1.60. The molecule has 0 saturated carbocycles. The molecule has 0 bridgehead atoms. The van der Waals surface area contributed by atoms with Gasteiger partial charge in [0.15, 0.2) is 0 Å². The van der Waals surface area contributed by atoms with Crippen molar-refractivity contribution in [2.45, 2.75) is 5.92 Å². The largest absolute Gasteiger partial charge is 0.240 e. The van der Waals surface area contributed by atoms with Crippen LogP contribution in [0.5, 0.6) is 0 Å². The third-order valence-corrected chi connectivity index (χ3v) is 7.98. The highest BCUT2D eigenvalue weighted by Crippen LogP contribution is 2.42. The Bertz CT molecular complexity index is 1170. The van der Waals surface area contributed by atoms with E-state index in [4.69, 9.17) is 15.0 Å². The van der Waals surface area contributed by atoms with Gasteiger partial charge in [0.25, 0.3) is 0 Å². The Hall–Kier alpha value is -2.67. The Kier molecular flexibility index (Phi) is 3.75. The first-order chi connectivity index (χ1) is 13.8. The number of hydrogen-bond donors (Lipinski definition) is 0. The number of para-hydroxylation sites is 3. The third kappa shape index (κ3) is 2.64. The second-order valence-electron chi connectivity index (χ2n) is 6.49. The Labute approximate surface area is 173 Å². The maximum absolute atomic E-state index is 4.96. The Morgan fingerprint density at radius 2 is 0.786 bits per heavy atom. The van der Waals surface area contributed by atoms with Crippen LogP contribution >= 0.6 is 34.0 Å². The van der Waals surface area contributed by atoms with E-state index < -0.39 is 0 Å². The highest BCUT2D eigenvalue weighted by molar-refractivity contribution is 7.21. The molecule has 0 aliphatic carbocycles. The molecule has 3 heterocycles. The molecule has 0 saturated heterocycles. The summed E-state index contributed by atoms with van der Waals surface area (Å²) < 4.78 is 3.60. The average molecular weight is 416 g/mol. The third-order valence-electron chi connectivity index (χ3n) is 4.67. The zero-order chi connectivity index (χ0) is 18.5. The second kappa shape index (κ2) is 6.44. The number of rotatable bonds is 3. The molecule has 0 unspecified atom stereocenters. The van der Waals surface area contributed by atoms with Gasteiger partial charge in [-0.05, 0) is 36.4 Å². The first-order valence-electron chi connectivity index (χ1n) is 8.91. The van der Waals surface area contributed by atoms with Crippen LogP contribution in [-0.2, 0) is 0 Å². The first kappa shape index (κ1) is 16.3. The minimum absolute atomic E-state index is 0.0350. The summed E-state index contributed by atoms with van der Waals surface area (Å²) in [5.74, 6) is -0.0350. The van der Waals surface area contributed by atoms with Gasteiger partial charge in [0.2, 0.25) is 0 Å². The van der Waals surface area contributed by atoms with Crippen LogP contribution in [0.3, 0.4) is 0 Å². The van der Waals surface area contributed by atoms with Crippen LogP contribution in [0, 0.1) is 0 Å². The van der Waals surface area contributed by atoms with Crippen LogP contribution < -0.4 is 0 Å².